The highest BCUT2D eigenvalue weighted by molar-refractivity contribution is 6.05. The molecule has 3 aromatic rings. The number of aryl methyl sites for hydroxylation is 1. The predicted molar refractivity (Wildman–Crippen MR) is 94.6 cm³/mol. The smallest absolute Gasteiger partial charge is 0.168 e. The second-order valence-electron chi connectivity index (χ2n) is 5.36. The Morgan fingerprint density at radius 3 is 2.83 bits per heavy atom. The Morgan fingerprint density at radius 2 is 2.12 bits per heavy atom. The highest BCUT2D eigenvalue weighted by Gasteiger charge is 2.15. The quantitative estimate of drug-likeness (QED) is 0.512. The maximum atomic E-state index is 6.21. The van der Waals surface area contributed by atoms with Crippen molar-refractivity contribution in [3.63, 3.8) is 0 Å². The molecule has 2 heterocycles. The van der Waals surface area contributed by atoms with Gasteiger partial charge in [0.1, 0.15) is 5.82 Å². The molecule has 0 saturated carbocycles. The SMILES string of the molecule is COc1cc(N)c2c(NCCCn3ccnc3)nccc2c1OC. The van der Waals surface area contributed by atoms with Crippen molar-refractivity contribution >= 4 is 22.3 Å². The third kappa shape index (κ3) is 3.05. The summed E-state index contributed by atoms with van der Waals surface area (Å²) in [5, 5.41) is 5.08. The van der Waals surface area contributed by atoms with E-state index in [0.29, 0.717) is 17.2 Å². The summed E-state index contributed by atoms with van der Waals surface area (Å²) in [4.78, 5) is 8.46. The van der Waals surface area contributed by atoms with Gasteiger partial charge in [-0.15, -0.1) is 0 Å². The van der Waals surface area contributed by atoms with Crippen LogP contribution in [0.4, 0.5) is 11.5 Å². The number of fused-ring (bicyclic) bond motifs is 1. The molecule has 0 fully saturated rings. The first-order chi connectivity index (χ1) is 11.7. The molecule has 0 bridgehead atoms. The van der Waals surface area contributed by atoms with Crippen molar-refractivity contribution in [2.75, 3.05) is 31.8 Å². The molecule has 0 saturated heterocycles. The van der Waals surface area contributed by atoms with Gasteiger partial charge in [0.15, 0.2) is 11.5 Å². The predicted octanol–water partition coefficient (Wildman–Crippen LogP) is 2.53. The number of hydrogen-bond donors (Lipinski definition) is 2. The van der Waals surface area contributed by atoms with Crippen molar-refractivity contribution in [3.05, 3.63) is 37.1 Å². The molecule has 126 valence electrons. The number of pyridine rings is 1. The lowest BCUT2D eigenvalue weighted by Crippen LogP contribution is -2.08. The van der Waals surface area contributed by atoms with E-state index in [-0.39, 0.29) is 0 Å². The number of nitrogens with zero attached hydrogens (tertiary/aromatic N) is 3. The van der Waals surface area contributed by atoms with Crippen LogP contribution in [0.2, 0.25) is 0 Å². The van der Waals surface area contributed by atoms with Crippen LogP contribution in [0.5, 0.6) is 11.5 Å². The van der Waals surface area contributed by atoms with Gasteiger partial charge in [-0.05, 0) is 12.5 Å². The van der Waals surface area contributed by atoms with Crippen molar-refractivity contribution in [2.45, 2.75) is 13.0 Å². The zero-order valence-corrected chi connectivity index (χ0v) is 13.8. The molecule has 0 aliphatic carbocycles. The van der Waals surface area contributed by atoms with E-state index in [9.17, 15) is 0 Å². The summed E-state index contributed by atoms with van der Waals surface area (Å²) in [5.41, 5.74) is 6.81. The molecule has 3 rings (SSSR count). The third-order valence-corrected chi connectivity index (χ3v) is 3.86. The van der Waals surface area contributed by atoms with Crippen molar-refractivity contribution in [2.24, 2.45) is 0 Å². The largest absolute Gasteiger partial charge is 0.493 e. The Bertz CT molecular complexity index is 817. The van der Waals surface area contributed by atoms with E-state index in [1.807, 2.05) is 23.2 Å². The van der Waals surface area contributed by atoms with E-state index in [0.717, 1.165) is 36.1 Å². The number of hydrogen-bond acceptors (Lipinski definition) is 6. The van der Waals surface area contributed by atoms with Crippen molar-refractivity contribution < 1.29 is 9.47 Å². The lowest BCUT2D eigenvalue weighted by Gasteiger charge is -2.15. The van der Waals surface area contributed by atoms with Gasteiger partial charge in [0.05, 0.1) is 25.9 Å². The normalized spacial score (nSPS) is 10.8. The number of nitrogen functional groups attached to an aromatic ring is 1. The highest BCUT2D eigenvalue weighted by atomic mass is 16.5. The van der Waals surface area contributed by atoms with E-state index in [2.05, 4.69) is 15.3 Å². The zero-order valence-electron chi connectivity index (χ0n) is 13.8. The van der Waals surface area contributed by atoms with Gasteiger partial charge in [0.2, 0.25) is 0 Å². The molecular formula is C17H21N5O2. The van der Waals surface area contributed by atoms with Crippen LogP contribution in [0.1, 0.15) is 6.42 Å². The number of methoxy groups -OCH3 is 2. The number of nitrogens with one attached hydrogen (secondary N) is 1. The fraction of sp³-hybridized carbons (Fsp3) is 0.294. The summed E-state index contributed by atoms with van der Waals surface area (Å²) >= 11 is 0. The molecule has 2 aromatic heterocycles. The van der Waals surface area contributed by atoms with Crippen molar-refractivity contribution in [1.29, 1.82) is 0 Å². The first kappa shape index (κ1) is 15.9. The molecular weight excluding hydrogens is 306 g/mol. The summed E-state index contributed by atoms with van der Waals surface area (Å²) in [7, 11) is 3.21. The standard InChI is InChI=1S/C17H21N5O2/c1-23-14-10-13(18)15-12(16(14)24-2)4-6-21-17(15)20-5-3-8-22-9-7-19-11-22/h4,6-7,9-11H,3,5,8,18H2,1-2H3,(H,20,21). The van der Waals surface area contributed by atoms with Crippen molar-refractivity contribution in [1.82, 2.24) is 14.5 Å². The monoisotopic (exact) mass is 327 g/mol. The van der Waals surface area contributed by atoms with E-state index in [1.54, 1.807) is 32.7 Å². The van der Waals surface area contributed by atoms with Gasteiger partial charge >= 0.3 is 0 Å². The van der Waals surface area contributed by atoms with Gasteiger partial charge in [-0.25, -0.2) is 9.97 Å². The second kappa shape index (κ2) is 7.08. The summed E-state index contributed by atoms with van der Waals surface area (Å²) in [6.07, 6.45) is 8.22. The van der Waals surface area contributed by atoms with E-state index >= 15 is 0 Å². The third-order valence-electron chi connectivity index (χ3n) is 3.86. The molecule has 7 nitrogen and oxygen atoms in total. The van der Waals surface area contributed by atoms with Crippen LogP contribution in [-0.4, -0.2) is 35.3 Å². The molecule has 0 atom stereocenters. The molecule has 1 aromatic carbocycles. The minimum Gasteiger partial charge on any atom is -0.493 e. The molecule has 24 heavy (non-hydrogen) atoms. The Balaban J connectivity index is 1.83. The Labute approximate surface area is 140 Å². The molecule has 0 unspecified atom stereocenters. The van der Waals surface area contributed by atoms with E-state index in [4.69, 9.17) is 15.2 Å². The van der Waals surface area contributed by atoms with Crippen molar-refractivity contribution in [3.8, 4) is 11.5 Å². The van der Waals surface area contributed by atoms with E-state index in [1.165, 1.54) is 0 Å². The summed E-state index contributed by atoms with van der Waals surface area (Å²) in [6.45, 7) is 1.67. The average Bonchev–Trinajstić information content (AvgIpc) is 3.11. The first-order valence-electron chi connectivity index (χ1n) is 7.73. The van der Waals surface area contributed by atoms with Gasteiger partial charge in [-0.2, -0.15) is 0 Å². The lowest BCUT2D eigenvalue weighted by atomic mass is 10.1. The Kier molecular flexibility index (Phi) is 4.69. The molecule has 0 radical (unpaired) electrons. The first-order valence-corrected chi connectivity index (χ1v) is 7.73. The van der Waals surface area contributed by atoms with Crippen LogP contribution >= 0.6 is 0 Å². The van der Waals surface area contributed by atoms with Gasteiger partial charge in [-0.1, -0.05) is 0 Å². The van der Waals surface area contributed by atoms with Crippen LogP contribution in [0.15, 0.2) is 37.1 Å². The Morgan fingerprint density at radius 1 is 1.25 bits per heavy atom. The van der Waals surface area contributed by atoms with E-state index < -0.39 is 0 Å². The second-order valence-corrected chi connectivity index (χ2v) is 5.36. The number of rotatable bonds is 7. The Hall–Kier alpha value is -2.96. The molecule has 0 aliphatic rings. The van der Waals surface area contributed by atoms with Crippen LogP contribution in [0, 0.1) is 0 Å². The minimum atomic E-state index is 0.604. The minimum absolute atomic E-state index is 0.604. The van der Waals surface area contributed by atoms with Gasteiger partial charge < -0.3 is 25.1 Å². The number of ether oxygens (including phenoxy) is 2. The van der Waals surface area contributed by atoms with Crippen LogP contribution in [0.25, 0.3) is 10.8 Å². The lowest BCUT2D eigenvalue weighted by molar-refractivity contribution is 0.359. The van der Waals surface area contributed by atoms with Crippen LogP contribution < -0.4 is 20.5 Å². The fourth-order valence-corrected chi connectivity index (χ4v) is 2.74. The molecule has 7 heteroatoms. The van der Waals surface area contributed by atoms with Crippen LogP contribution in [-0.2, 0) is 6.54 Å². The molecule has 0 amide bonds. The van der Waals surface area contributed by atoms with Gasteiger partial charge in [0, 0.05) is 48.8 Å². The van der Waals surface area contributed by atoms with Gasteiger partial charge in [0.25, 0.3) is 0 Å². The number of imidazole rings is 1. The summed E-state index contributed by atoms with van der Waals surface area (Å²) in [5.74, 6) is 2.02. The summed E-state index contributed by atoms with van der Waals surface area (Å²) < 4.78 is 12.9. The highest BCUT2D eigenvalue weighted by Crippen LogP contribution is 2.41. The number of benzene rings is 1. The molecule has 3 N–H and O–H groups in total. The number of nitrogens with two attached hydrogens (primary N) is 1. The van der Waals surface area contributed by atoms with Crippen LogP contribution in [0.3, 0.4) is 0 Å². The number of anilines is 2. The maximum absolute atomic E-state index is 6.21. The zero-order chi connectivity index (χ0) is 16.9. The van der Waals surface area contributed by atoms with Gasteiger partial charge in [-0.3, -0.25) is 0 Å². The maximum Gasteiger partial charge on any atom is 0.168 e. The number of aromatic nitrogens is 3. The molecule has 0 spiro atoms. The summed E-state index contributed by atoms with van der Waals surface area (Å²) in [6, 6.07) is 3.64. The average molecular weight is 327 g/mol. The topological polar surface area (TPSA) is 87.2 Å². The molecule has 0 aliphatic heterocycles. The fourth-order valence-electron chi connectivity index (χ4n) is 2.74.